The smallest absolute Gasteiger partial charge is 0.327 e. The lowest BCUT2D eigenvalue weighted by molar-refractivity contribution is -0.136. The normalized spacial score (nSPS) is 21.6. The second-order valence-corrected chi connectivity index (χ2v) is 13.5. The van der Waals surface area contributed by atoms with Gasteiger partial charge in [0.25, 0.3) is 0 Å². The zero-order valence-electron chi connectivity index (χ0n) is 18.7. The summed E-state index contributed by atoms with van der Waals surface area (Å²) >= 11 is 0. The van der Waals surface area contributed by atoms with Gasteiger partial charge >= 0.3 is 6.03 Å². The first-order valence-corrected chi connectivity index (χ1v) is 13.9. The molecule has 0 bridgehead atoms. The minimum absolute atomic E-state index is 0.107. The Morgan fingerprint density at radius 2 is 1.53 bits per heavy atom. The molecule has 0 spiro atoms. The SMILES string of the molecule is C[C@@H](C(=O)N1C(=O)N(C)[C@@H](C)[C@H]1c1ccccc1)[C@@H](O[Si](C)(C)C)c1ccccc1. The number of hydrogen-bond donors (Lipinski definition) is 0. The number of carbonyl (C=O) groups excluding carboxylic acids is 2. The van der Waals surface area contributed by atoms with Crippen molar-refractivity contribution >= 4 is 20.3 Å². The van der Waals surface area contributed by atoms with Crippen LogP contribution in [0.25, 0.3) is 0 Å². The molecule has 1 aliphatic rings. The highest BCUT2D eigenvalue weighted by Crippen LogP contribution is 2.38. The highest BCUT2D eigenvalue weighted by Gasteiger charge is 2.48. The van der Waals surface area contributed by atoms with Crippen molar-refractivity contribution < 1.29 is 14.0 Å². The van der Waals surface area contributed by atoms with Gasteiger partial charge in [-0.05, 0) is 37.7 Å². The van der Waals surface area contributed by atoms with E-state index in [1.165, 1.54) is 4.90 Å². The summed E-state index contributed by atoms with van der Waals surface area (Å²) in [6.45, 7) is 10.2. The van der Waals surface area contributed by atoms with Crippen LogP contribution in [-0.4, -0.2) is 43.1 Å². The Balaban J connectivity index is 1.97. The zero-order chi connectivity index (χ0) is 22.1. The molecule has 160 valence electrons. The standard InChI is InChI=1S/C24H32N2O3Si/c1-17(22(29-30(4,5)6)20-15-11-8-12-16-20)23(27)26-21(18(2)25(3)24(26)28)19-13-9-7-10-14-19/h7-18,21-22H,1-6H3/t17-,18+,21+,22-/m1/s1. The van der Waals surface area contributed by atoms with Crippen molar-refractivity contribution in [3.05, 3.63) is 71.8 Å². The quantitative estimate of drug-likeness (QED) is 0.596. The number of hydrogen-bond acceptors (Lipinski definition) is 3. The molecule has 3 amide bonds. The first-order chi connectivity index (χ1) is 14.1. The van der Waals surface area contributed by atoms with Crippen LogP contribution in [-0.2, 0) is 9.22 Å². The van der Waals surface area contributed by atoms with E-state index in [4.69, 9.17) is 4.43 Å². The van der Waals surface area contributed by atoms with Crippen LogP contribution < -0.4 is 0 Å². The molecule has 3 rings (SSSR count). The summed E-state index contributed by atoms with van der Waals surface area (Å²) in [4.78, 5) is 29.9. The van der Waals surface area contributed by atoms with Gasteiger partial charge in [-0.2, -0.15) is 0 Å². The van der Waals surface area contributed by atoms with Crippen LogP contribution in [0.3, 0.4) is 0 Å². The van der Waals surface area contributed by atoms with Gasteiger partial charge in [0.1, 0.15) is 0 Å². The third-order valence-electron chi connectivity index (χ3n) is 5.68. The van der Waals surface area contributed by atoms with E-state index in [-0.39, 0.29) is 24.0 Å². The van der Waals surface area contributed by atoms with E-state index >= 15 is 0 Å². The second-order valence-electron chi connectivity index (χ2n) is 9.05. The monoisotopic (exact) mass is 424 g/mol. The van der Waals surface area contributed by atoms with E-state index in [1.54, 1.807) is 11.9 Å². The Hall–Kier alpha value is -2.44. The zero-order valence-corrected chi connectivity index (χ0v) is 19.7. The van der Waals surface area contributed by atoms with Gasteiger partial charge in [0.05, 0.1) is 24.1 Å². The molecule has 0 aliphatic carbocycles. The lowest BCUT2D eigenvalue weighted by Crippen LogP contribution is -2.43. The highest BCUT2D eigenvalue weighted by atomic mass is 28.4. The van der Waals surface area contributed by atoms with Crippen LogP contribution >= 0.6 is 0 Å². The molecule has 0 N–H and O–H groups in total. The van der Waals surface area contributed by atoms with Crippen LogP contribution in [0.4, 0.5) is 4.79 Å². The molecule has 1 aliphatic heterocycles. The van der Waals surface area contributed by atoms with E-state index in [2.05, 4.69) is 19.6 Å². The molecule has 1 heterocycles. The van der Waals surface area contributed by atoms with Crippen LogP contribution in [0.2, 0.25) is 19.6 Å². The maximum absolute atomic E-state index is 13.7. The van der Waals surface area contributed by atoms with E-state index < -0.39 is 20.3 Å². The van der Waals surface area contributed by atoms with Crippen molar-refractivity contribution in [2.45, 2.75) is 51.7 Å². The van der Waals surface area contributed by atoms with Gasteiger partial charge in [-0.3, -0.25) is 9.69 Å². The molecule has 0 unspecified atom stereocenters. The fourth-order valence-electron chi connectivity index (χ4n) is 4.03. The predicted octanol–water partition coefficient (Wildman–Crippen LogP) is 5.24. The van der Waals surface area contributed by atoms with Gasteiger partial charge in [-0.1, -0.05) is 67.6 Å². The van der Waals surface area contributed by atoms with Gasteiger partial charge in [0.2, 0.25) is 5.91 Å². The summed E-state index contributed by atoms with van der Waals surface area (Å²) in [7, 11) is -0.184. The molecule has 2 aromatic rings. The number of imide groups is 1. The topological polar surface area (TPSA) is 49.9 Å². The van der Waals surface area contributed by atoms with Gasteiger partial charge < -0.3 is 9.33 Å². The molecule has 30 heavy (non-hydrogen) atoms. The largest absolute Gasteiger partial charge is 0.410 e. The molecule has 6 heteroatoms. The number of benzene rings is 2. The second kappa shape index (κ2) is 8.74. The average molecular weight is 425 g/mol. The van der Waals surface area contributed by atoms with E-state index in [9.17, 15) is 9.59 Å². The summed E-state index contributed by atoms with van der Waals surface area (Å²) in [6.07, 6.45) is -0.393. The van der Waals surface area contributed by atoms with E-state index in [0.29, 0.717) is 0 Å². The third kappa shape index (κ3) is 4.49. The van der Waals surface area contributed by atoms with Gasteiger partial charge in [0, 0.05) is 7.05 Å². The lowest BCUT2D eigenvalue weighted by atomic mass is 9.94. The number of carbonyl (C=O) groups is 2. The molecular formula is C24H32N2O3Si. The molecular weight excluding hydrogens is 392 g/mol. The minimum Gasteiger partial charge on any atom is -0.410 e. The summed E-state index contributed by atoms with van der Waals surface area (Å²) in [6, 6.07) is 18.9. The maximum atomic E-state index is 13.7. The van der Waals surface area contributed by atoms with Crippen LogP contribution in [0.5, 0.6) is 0 Å². The lowest BCUT2D eigenvalue weighted by Gasteiger charge is -2.33. The number of rotatable bonds is 6. The summed E-state index contributed by atoms with van der Waals surface area (Å²) in [5.41, 5.74) is 1.93. The predicted molar refractivity (Wildman–Crippen MR) is 121 cm³/mol. The number of likely N-dealkylation sites (N-methyl/N-ethyl adjacent to an activating group) is 1. The van der Waals surface area contributed by atoms with Crippen molar-refractivity contribution in [1.29, 1.82) is 0 Å². The molecule has 0 aromatic heterocycles. The Labute approximate surface area is 180 Å². The van der Waals surface area contributed by atoms with Gasteiger partial charge in [-0.25, -0.2) is 4.79 Å². The molecule has 1 fully saturated rings. The number of urea groups is 1. The molecule has 4 atom stereocenters. The Morgan fingerprint density at radius 3 is 2.07 bits per heavy atom. The molecule has 0 saturated carbocycles. The van der Waals surface area contributed by atoms with E-state index in [0.717, 1.165) is 11.1 Å². The van der Waals surface area contributed by atoms with Gasteiger partial charge in [-0.15, -0.1) is 0 Å². The Kier molecular flexibility index (Phi) is 6.48. The number of nitrogens with zero attached hydrogens (tertiary/aromatic N) is 2. The van der Waals surface area contributed by atoms with E-state index in [1.807, 2.05) is 74.5 Å². The van der Waals surface area contributed by atoms with Crippen molar-refractivity contribution in [3.63, 3.8) is 0 Å². The summed E-state index contributed by atoms with van der Waals surface area (Å²) in [5.74, 6) is -0.690. The van der Waals surface area contributed by atoms with Crippen molar-refractivity contribution in [3.8, 4) is 0 Å². The first-order valence-electron chi connectivity index (χ1n) is 10.5. The van der Waals surface area contributed by atoms with Crippen LogP contribution in [0, 0.1) is 5.92 Å². The van der Waals surface area contributed by atoms with Gasteiger partial charge in [0.15, 0.2) is 8.32 Å². The Bertz CT molecular complexity index is 882. The molecule has 5 nitrogen and oxygen atoms in total. The Morgan fingerprint density at radius 1 is 1.00 bits per heavy atom. The third-order valence-corrected chi connectivity index (χ3v) is 6.65. The number of amides is 3. The average Bonchev–Trinajstić information content (AvgIpc) is 2.95. The maximum Gasteiger partial charge on any atom is 0.327 e. The van der Waals surface area contributed by atoms with Crippen LogP contribution in [0.15, 0.2) is 60.7 Å². The highest BCUT2D eigenvalue weighted by molar-refractivity contribution is 6.69. The first kappa shape index (κ1) is 22.2. The van der Waals surface area contributed by atoms with Crippen LogP contribution in [0.1, 0.15) is 37.1 Å². The minimum atomic E-state index is -1.94. The fraction of sp³-hybridized carbons (Fsp3) is 0.417. The molecule has 1 saturated heterocycles. The van der Waals surface area contributed by atoms with Crippen molar-refractivity contribution in [2.24, 2.45) is 5.92 Å². The summed E-state index contributed by atoms with van der Waals surface area (Å²) < 4.78 is 6.46. The fourth-order valence-corrected chi connectivity index (χ4v) is 5.13. The van der Waals surface area contributed by atoms with Crippen molar-refractivity contribution in [1.82, 2.24) is 9.80 Å². The van der Waals surface area contributed by atoms with Crippen molar-refractivity contribution in [2.75, 3.05) is 7.05 Å². The summed E-state index contributed by atoms with van der Waals surface area (Å²) in [5, 5.41) is 0. The molecule has 2 aromatic carbocycles. The molecule has 0 radical (unpaired) electrons.